The summed E-state index contributed by atoms with van der Waals surface area (Å²) < 4.78 is 0. The van der Waals surface area contributed by atoms with Crippen molar-refractivity contribution in [3.05, 3.63) is 43.0 Å². The number of carboxylic acids is 1. The zero-order valence-electron chi connectivity index (χ0n) is 11.8. The molecule has 0 aliphatic heterocycles. The lowest BCUT2D eigenvalue weighted by atomic mass is 10.4. The second-order valence-electron chi connectivity index (χ2n) is 4.36. The lowest BCUT2D eigenvalue weighted by Crippen LogP contribution is -2.40. The van der Waals surface area contributed by atoms with E-state index < -0.39 is 5.97 Å². The minimum atomic E-state index is -0.954. The Hall–Kier alpha value is -1.79. The molecule has 1 aromatic rings. The highest BCUT2D eigenvalue weighted by Gasteiger charge is 2.12. The monoisotopic (exact) mass is 308 g/mol. The Kier molecular flexibility index (Phi) is 8.23. The zero-order valence-corrected chi connectivity index (χ0v) is 12.6. The number of nitrogens with one attached hydrogen (secondary N) is 1. The van der Waals surface area contributed by atoms with Crippen molar-refractivity contribution in [1.29, 1.82) is 0 Å². The molecule has 0 bridgehead atoms. The minimum absolute atomic E-state index is 0.0638. The first-order valence-corrected chi connectivity index (χ1v) is 7.60. The van der Waals surface area contributed by atoms with Gasteiger partial charge in [-0.1, -0.05) is 24.3 Å². The van der Waals surface area contributed by atoms with E-state index in [9.17, 15) is 9.59 Å². The molecule has 5 nitrogen and oxygen atoms in total. The standard InChI is InChI=1S/C15H20N2O3S/c1-2-9-17(12-15(19)20)11-14(18)16-8-10-21-13-6-4-3-5-7-13/h2-7H,1,8-12H2,(H,16,18)(H,19,20). The van der Waals surface area contributed by atoms with Crippen LogP contribution in [-0.2, 0) is 9.59 Å². The maximum absolute atomic E-state index is 11.7. The summed E-state index contributed by atoms with van der Waals surface area (Å²) in [5.41, 5.74) is 0. The Morgan fingerprint density at radius 1 is 1.29 bits per heavy atom. The Morgan fingerprint density at radius 2 is 2.00 bits per heavy atom. The van der Waals surface area contributed by atoms with Crippen LogP contribution in [0.25, 0.3) is 0 Å². The maximum Gasteiger partial charge on any atom is 0.317 e. The Morgan fingerprint density at radius 3 is 2.62 bits per heavy atom. The minimum Gasteiger partial charge on any atom is -0.480 e. The number of hydrogen-bond donors (Lipinski definition) is 2. The molecule has 0 atom stereocenters. The maximum atomic E-state index is 11.7. The van der Waals surface area contributed by atoms with E-state index in [1.165, 1.54) is 4.90 Å². The molecular formula is C15H20N2O3S. The van der Waals surface area contributed by atoms with Gasteiger partial charge in [0.1, 0.15) is 0 Å². The van der Waals surface area contributed by atoms with Crippen molar-refractivity contribution in [2.75, 3.05) is 31.9 Å². The predicted molar refractivity (Wildman–Crippen MR) is 84.4 cm³/mol. The molecule has 1 rings (SSSR count). The molecular weight excluding hydrogens is 288 g/mol. The quantitative estimate of drug-likeness (QED) is 0.389. The number of amides is 1. The summed E-state index contributed by atoms with van der Waals surface area (Å²) in [5.74, 6) is -0.355. The van der Waals surface area contributed by atoms with E-state index >= 15 is 0 Å². The molecule has 0 radical (unpaired) electrons. The van der Waals surface area contributed by atoms with Crippen LogP contribution < -0.4 is 5.32 Å². The second-order valence-corrected chi connectivity index (χ2v) is 5.53. The molecule has 114 valence electrons. The molecule has 0 unspecified atom stereocenters. The molecule has 1 amide bonds. The van der Waals surface area contributed by atoms with Gasteiger partial charge in [-0.2, -0.15) is 0 Å². The number of thioether (sulfide) groups is 1. The van der Waals surface area contributed by atoms with Crippen LogP contribution in [0.1, 0.15) is 0 Å². The van der Waals surface area contributed by atoms with Gasteiger partial charge in [-0.3, -0.25) is 14.5 Å². The van der Waals surface area contributed by atoms with Crippen LogP contribution in [0, 0.1) is 0 Å². The van der Waals surface area contributed by atoms with Gasteiger partial charge in [-0.25, -0.2) is 0 Å². The van der Waals surface area contributed by atoms with E-state index in [4.69, 9.17) is 5.11 Å². The van der Waals surface area contributed by atoms with Crippen molar-refractivity contribution in [3.8, 4) is 0 Å². The number of carbonyl (C=O) groups is 2. The molecule has 0 aromatic heterocycles. The third-order valence-corrected chi connectivity index (χ3v) is 3.56. The topological polar surface area (TPSA) is 69.6 Å². The van der Waals surface area contributed by atoms with Gasteiger partial charge in [-0.05, 0) is 12.1 Å². The van der Waals surface area contributed by atoms with Crippen molar-refractivity contribution < 1.29 is 14.7 Å². The third kappa shape index (κ3) is 8.16. The molecule has 0 saturated heterocycles. The highest BCUT2D eigenvalue weighted by molar-refractivity contribution is 7.99. The molecule has 0 saturated carbocycles. The summed E-state index contributed by atoms with van der Waals surface area (Å²) in [7, 11) is 0. The number of benzene rings is 1. The molecule has 0 heterocycles. The van der Waals surface area contributed by atoms with Crippen LogP contribution >= 0.6 is 11.8 Å². The van der Waals surface area contributed by atoms with Crippen LogP contribution in [0.15, 0.2) is 47.9 Å². The average molecular weight is 308 g/mol. The van der Waals surface area contributed by atoms with E-state index in [1.54, 1.807) is 17.8 Å². The van der Waals surface area contributed by atoms with Gasteiger partial charge >= 0.3 is 5.97 Å². The van der Waals surface area contributed by atoms with Gasteiger partial charge in [0.25, 0.3) is 0 Å². The third-order valence-electron chi connectivity index (χ3n) is 2.55. The lowest BCUT2D eigenvalue weighted by molar-refractivity contribution is -0.138. The van der Waals surface area contributed by atoms with E-state index in [0.29, 0.717) is 13.1 Å². The summed E-state index contributed by atoms with van der Waals surface area (Å²) in [6.07, 6.45) is 1.58. The smallest absolute Gasteiger partial charge is 0.317 e. The first kappa shape index (κ1) is 17.3. The molecule has 0 fully saturated rings. The number of carboxylic acid groups (broad SMARTS) is 1. The van der Waals surface area contributed by atoms with Crippen molar-refractivity contribution in [2.45, 2.75) is 4.90 Å². The van der Waals surface area contributed by atoms with Crippen LogP contribution in [0.2, 0.25) is 0 Å². The number of aliphatic carboxylic acids is 1. The number of hydrogen-bond acceptors (Lipinski definition) is 4. The second kappa shape index (κ2) is 10.0. The van der Waals surface area contributed by atoms with Crippen LogP contribution in [-0.4, -0.2) is 53.8 Å². The van der Waals surface area contributed by atoms with Gasteiger partial charge in [0.2, 0.25) is 5.91 Å². The predicted octanol–water partition coefficient (Wildman–Crippen LogP) is 1.47. The van der Waals surface area contributed by atoms with Gasteiger partial charge in [0.15, 0.2) is 0 Å². The first-order valence-electron chi connectivity index (χ1n) is 6.61. The fraction of sp³-hybridized carbons (Fsp3) is 0.333. The van der Waals surface area contributed by atoms with E-state index in [1.807, 2.05) is 30.3 Å². The van der Waals surface area contributed by atoms with Crippen LogP contribution in [0.5, 0.6) is 0 Å². The molecule has 0 aliphatic carbocycles. The van der Waals surface area contributed by atoms with Crippen molar-refractivity contribution >= 4 is 23.6 Å². The average Bonchev–Trinajstić information content (AvgIpc) is 2.44. The highest BCUT2D eigenvalue weighted by atomic mass is 32.2. The molecule has 0 aliphatic rings. The molecule has 0 spiro atoms. The first-order chi connectivity index (χ1) is 10.1. The van der Waals surface area contributed by atoms with Gasteiger partial charge in [0, 0.05) is 23.7 Å². The van der Waals surface area contributed by atoms with Gasteiger partial charge in [0.05, 0.1) is 13.1 Å². The summed E-state index contributed by atoms with van der Waals surface area (Å²) in [4.78, 5) is 25.1. The largest absolute Gasteiger partial charge is 0.480 e. The summed E-state index contributed by atoms with van der Waals surface area (Å²) in [6, 6.07) is 9.94. The molecule has 2 N–H and O–H groups in total. The van der Waals surface area contributed by atoms with Crippen molar-refractivity contribution in [2.24, 2.45) is 0 Å². The summed E-state index contributed by atoms with van der Waals surface area (Å²) in [6.45, 7) is 4.37. The fourth-order valence-corrected chi connectivity index (χ4v) is 2.48. The Balaban J connectivity index is 2.23. The van der Waals surface area contributed by atoms with Gasteiger partial charge in [-0.15, -0.1) is 18.3 Å². The lowest BCUT2D eigenvalue weighted by Gasteiger charge is -2.17. The SMILES string of the molecule is C=CCN(CC(=O)O)CC(=O)NCCSc1ccccc1. The molecule has 6 heteroatoms. The number of nitrogens with zero attached hydrogens (tertiary/aromatic N) is 1. The van der Waals surface area contributed by atoms with Crippen molar-refractivity contribution in [1.82, 2.24) is 10.2 Å². The number of carbonyl (C=O) groups excluding carboxylic acids is 1. The zero-order chi connectivity index (χ0) is 15.5. The Labute approximate surface area is 129 Å². The van der Waals surface area contributed by atoms with E-state index in [0.717, 1.165) is 10.6 Å². The number of rotatable bonds is 10. The molecule has 1 aromatic carbocycles. The van der Waals surface area contributed by atoms with Gasteiger partial charge < -0.3 is 10.4 Å². The van der Waals surface area contributed by atoms with Crippen molar-refractivity contribution in [3.63, 3.8) is 0 Å². The molecule has 21 heavy (non-hydrogen) atoms. The summed E-state index contributed by atoms with van der Waals surface area (Å²) in [5, 5.41) is 11.5. The van der Waals surface area contributed by atoms with E-state index in [2.05, 4.69) is 11.9 Å². The summed E-state index contributed by atoms with van der Waals surface area (Å²) >= 11 is 1.66. The van der Waals surface area contributed by atoms with Crippen LogP contribution in [0.3, 0.4) is 0 Å². The van der Waals surface area contributed by atoms with Crippen LogP contribution in [0.4, 0.5) is 0 Å². The normalized spacial score (nSPS) is 10.3. The Bertz CT molecular complexity index is 465. The van der Waals surface area contributed by atoms with E-state index in [-0.39, 0.29) is 19.0 Å². The fourth-order valence-electron chi connectivity index (χ4n) is 1.69. The highest BCUT2D eigenvalue weighted by Crippen LogP contribution is 2.15.